The van der Waals surface area contributed by atoms with Gasteiger partial charge in [-0.05, 0) is 0 Å². The van der Waals surface area contributed by atoms with Crippen molar-refractivity contribution in [3.63, 3.8) is 0 Å². The van der Waals surface area contributed by atoms with E-state index in [2.05, 4.69) is 9.97 Å². The molecule has 0 fully saturated rings. The quantitative estimate of drug-likeness (QED) is 0.598. The Morgan fingerprint density at radius 3 is 2.29 bits per heavy atom. The number of imidazole rings is 1. The molecule has 1 aromatic heterocycles. The number of hydrogen-bond acceptors (Lipinski definition) is 1. The molecule has 3 heteroatoms. The molecule has 0 unspecified atom stereocenters. The molecule has 0 aliphatic rings. The summed E-state index contributed by atoms with van der Waals surface area (Å²) in [4.78, 5) is 7.22. The van der Waals surface area contributed by atoms with Gasteiger partial charge in [0.2, 0.25) is 0 Å². The molecular formula is C4H6N2Pr-2. The van der Waals surface area contributed by atoms with Crippen molar-refractivity contribution in [2.75, 3.05) is 0 Å². The summed E-state index contributed by atoms with van der Waals surface area (Å²) in [5, 5.41) is 0. The topological polar surface area (TPSA) is 27.0 Å². The number of rotatable bonds is 0. The Kier molecular flexibility index (Phi) is 9.89. The van der Waals surface area contributed by atoms with Crippen LogP contribution in [0.2, 0.25) is 0 Å². The van der Waals surface area contributed by atoms with Gasteiger partial charge in [-0.25, -0.2) is 0 Å². The number of aromatic nitrogens is 2. The maximum Gasteiger partial charge on any atom is 0 e. The molecule has 0 spiro atoms. The average Bonchev–Trinajstić information content (AvgIpc) is 1.76. The van der Waals surface area contributed by atoms with Gasteiger partial charge in [0.25, 0.3) is 0 Å². The van der Waals surface area contributed by atoms with Crippen LogP contribution in [0, 0.1) is 48.7 Å². The molecule has 0 bridgehead atoms. The van der Waals surface area contributed by atoms with Crippen LogP contribution in [-0.4, -0.2) is 4.98 Å². The van der Waals surface area contributed by atoms with Crippen molar-refractivity contribution in [2.24, 2.45) is 0 Å². The van der Waals surface area contributed by atoms with E-state index in [0.717, 1.165) is 0 Å². The second-order valence-corrected chi connectivity index (χ2v) is 0.712. The Bertz CT molecular complexity index is 66.2. The van der Waals surface area contributed by atoms with E-state index in [9.17, 15) is 0 Å². The molecule has 1 radical (unpaired) electrons. The number of hydrogen-bond donors (Lipinski definition) is 0. The summed E-state index contributed by atoms with van der Waals surface area (Å²) in [6, 6.07) is 0. The Hall–Kier alpha value is 0.574. The van der Waals surface area contributed by atoms with Gasteiger partial charge >= 0.3 is 0 Å². The maximum absolute atomic E-state index is 3.61. The molecule has 37 valence electrons. The molecule has 0 amide bonds. The van der Waals surface area contributed by atoms with Crippen molar-refractivity contribution in [1.29, 1.82) is 0 Å². The first kappa shape index (κ1) is 10.5. The third kappa shape index (κ3) is 4.43. The largest absolute Gasteiger partial charge is 0.450 e. The standard InChI is InChI=1S/C3H3N2.CH3.Pr/c1-2-5-3-4-1;;/h1-3H;1H3;/q2*-1;. The van der Waals surface area contributed by atoms with Crippen LogP contribution < -0.4 is 4.98 Å². The Morgan fingerprint density at radius 2 is 2.14 bits per heavy atom. The molecule has 0 aliphatic carbocycles. The third-order valence-electron chi connectivity index (χ3n) is 0.372. The van der Waals surface area contributed by atoms with Gasteiger partial charge in [-0.3, -0.25) is 0 Å². The van der Waals surface area contributed by atoms with Crippen molar-refractivity contribution < 1.29 is 41.3 Å². The minimum Gasteiger partial charge on any atom is -0.450 e. The fourth-order valence-electron chi connectivity index (χ4n) is 0.192. The summed E-state index contributed by atoms with van der Waals surface area (Å²) in [5.74, 6) is 0. The summed E-state index contributed by atoms with van der Waals surface area (Å²) in [5.41, 5.74) is 0. The molecule has 0 N–H and O–H groups in total. The second-order valence-electron chi connectivity index (χ2n) is 0.712. The average molecular weight is 223 g/mol. The Morgan fingerprint density at radius 1 is 1.43 bits per heavy atom. The minimum absolute atomic E-state index is 0. The van der Waals surface area contributed by atoms with Crippen molar-refractivity contribution >= 4 is 0 Å². The van der Waals surface area contributed by atoms with E-state index < -0.39 is 0 Å². The van der Waals surface area contributed by atoms with Crippen molar-refractivity contribution in [3.8, 4) is 0 Å². The molecule has 0 aromatic carbocycles. The predicted molar refractivity (Wildman–Crippen MR) is 24.0 cm³/mol. The first-order valence-corrected chi connectivity index (χ1v) is 1.37. The molecule has 0 saturated heterocycles. The smallest absolute Gasteiger partial charge is 0 e. The van der Waals surface area contributed by atoms with E-state index >= 15 is 0 Å². The van der Waals surface area contributed by atoms with Crippen molar-refractivity contribution in [1.82, 2.24) is 9.97 Å². The Labute approximate surface area is 76.7 Å². The van der Waals surface area contributed by atoms with Crippen LogP contribution in [0.15, 0.2) is 18.7 Å². The van der Waals surface area contributed by atoms with Crippen LogP contribution in [0.3, 0.4) is 0 Å². The molecule has 0 atom stereocenters. The van der Waals surface area contributed by atoms with E-state index in [4.69, 9.17) is 0 Å². The van der Waals surface area contributed by atoms with Crippen molar-refractivity contribution in [2.45, 2.75) is 0 Å². The summed E-state index contributed by atoms with van der Waals surface area (Å²) >= 11 is 0. The van der Waals surface area contributed by atoms with Crippen LogP contribution >= 0.6 is 0 Å². The van der Waals surface area contributed by atoms with E-state index in [1.54, 1.807) is 12.4 Å². The first-order valence-electron chi connectivity index (χ1n) is 1.37. The molecule has 1 aromatic rings. The molecule has 1 rings (SSSR count). The van der Waals surface area contributed by atoms with Gasteiger partial charge in [0, 0.05) is 41.3 Å². The summed E-state index contributed by atoms with van der Waals surface area (Å²) in [6.45, 7) is 0. The van der Waals surface area contributed by atoms with Gasteiger partial charge in [-0.2, -0.15) is 0 Å². The van der Waals surface area contributed by atoms with Crippen LogP contribution in [0.4, 0.5) is 0 Å². The van der Waals surface area contributed by atoms with E-state index in [-0.39, 0.29) is 48.7 Å². The van der Waals surface area contributed by atoms with Crippen LogP contribution in [0.5, 0.6) is 0 Å². The predicted octanol–water partition coefficient (Wildman–Crippen LogP) is 0.489. The molecule has 0 saturated carbocycles. The van der Waals surface area contributed by atoms with Crippen LogP contribution in [0.25, 0.3) is 0 Å². The normalized spacial score (nSPS) is 5.71. The summed E-state index contributed by atoms with van der Waals surface area (Å²) in [6.07, 6.45) is 4.78. The molecular weight excluding hydrogens is 217 g/mol. The first-order chi connectivity index (χ1) is 2.50. The maximum atomic E-state index is 3.61. The van der Waals surface area contributed by atoms with E-state index in [1.807, 2.05) is 0 Å². The van der Waals surface area contributed by atoms with Gasteiger partial charge in [-0.1, -0.05) is 18.7 Å². The zero-order valence-corrected chi connectivity index (χ0v) is 7.91. The van der Waals surface area contributed by atoms with Crippen LogP contribution in [0.1, 0.15) is 0 Å². The minimum atomic E-state index is 0. The van der Waals surface area contributed by atoms with Gasteiger partial charge in [-0.15, -0.1) is 0 Å². The van der Waals surface area contributed by atoms with Gasteiger partial charge in [0.15, 0.2) is 0 Å². The third-order valence-corrected chi connectivity index (χ3v) is 0.372. The molecule has 7 heavy (non-hydrogen) atoms. The van der Waals surface area contributed by atoms with Gasteiger partial charge in [0.05, 0.1) is 0 Å². The molecule has 2 nitrogen and oxygen atoms in total. The second kappa shape index (κ2) is 6.57. The molecule has 0 aliphatic heterocycles. The number of nitrogens with zero attached hydrogens (tertiary/aromatic N) is 2. The zero-order chi connectivity index (χ0) is 3.54. The van der Waals surface area contributed by atoms with Gasteiger partial charge in [0.1, 0.15) is 0 Å². The monoisotopic (exact) mass is 223 g/mol. The SMILES string of the molecule is [CH3-].[Pr].c1c[n-]cn1. The summed E-state index contributed by atoms with van der Waals surface area (Å²) < 4.78 is 0. The van der Waals surface area contributed by atoms with E-state index in [1.165, 1.54) is 6.33 Å². The van der Waals surface area contributed by atoms with Crippen molar-refractivity contribution in [3.05, 3.63) is 26.1 Å². The summed E-state index contributed by atoms with van der Waals surface area (Å²) in [7, 11) is 0. The van der Waals surface area contributed by atoms with Crippen LogP contribution in [-0.2, 0) is 0 Å². The van der Waals surface area contributed by atoms with Gasteiger partial charge < -0.3 is 17.4 Å². The zero-order valence-electron chi connectivity index (χ0n) is 4.20. The Balaban J connectivity index is 0. The van der Waals surface area contributed by atoms with E-state index in [0.29, 0.717) is 0 Å². The fourth-order valence-corrected chi connectivity index (χ4v) is 0.192. The molecule has 1 heterocycles. The fraction of sp³-hybridized carbons (Fsp3) is 0.